The lowest BCUT2D eigenvalue weighted by Gasteiger charge is -2.15. The number of halogens is 2. The van der Waals surface area contributed by atoms with Gasteiger partial charge in [0.05, 0.1) is 6.54 Å². The molecule has 74 valence electrons. The fourth-order valence-electron chi connectivity index (χ4n) is 0.758. The molecule has 13 heavy (non-hydrogen) atoms. The van der Waals surface area contributed by atoms with Gasteiger partial charge in [-0.1, -0.05) is 19.3 Å². The van der Waals surface area contributed by atoms with Gasteiger partial charge in [-0.05, 0) is 10.3 Å². The SMILES string of the molecule is CCCCN(CC#CI)C(=O)OF. The van der Waals surface area contributed by atoms with Crippen molar-refractivity contribution in [1.29, 1.82) is 0 Å². The van der Waals surface area contributed by atoms with Gasteiger partial charge < -0.3 is 0 Å². The smallest absolute Gasteiger partial charge is 0.294 e. The summed E-state index contributed by atoms with van der Waals surface area (Å²) in [5.74, 6) is 2.67. The summed E-state index contributed by atoms with van der Waals surface area (Å²) in [4.78, 5) is 15.1. The minimum Gasteiger partial charge on any atom is -0.294 e. The summed E-state index contributed by atoms with van der Waals surface area (Å²) in [7, 11) is 0. The standard InChI is InChI=1S/C8H11FINO2/c1-2-3-6-11(7-4-5-10)8(12)13-9/h2-3,6-7H2,1H3. The number of amides is 1. The molecule has 1 amide bonds. The van der Waals surface area contributed by atoms with Crippen molar-refractivity contribution >= 4 is 28.7 Å². The Labute approximate surface area is 90.7 Å². The third-order valence-electron chi connectivity index (χ3n) is 1.44. The zero-order chi connectivity index (χ0) is 10.1. The quantitative estimate of drug-likeness (QED) is 0.589. The van der Waals surface area contributed by atoms with Crippen LogP contribution in [0.3, 0.4) is 0 Å². The van der Waals surface area contributed by atoms with Crippen LogP contribution in [0.1, 0.15) is 19.8 Å². The number of rotatable bonds is 4. The number of carbonyl (C=O) groups excluding carboxylic acids is 1. The van der Waals surface area contributed by atoms with Crippen molar-refractivity contribution in [3.63, 3.8) is 0 Å². The van der Waals surface area contributed by atoms with Crippen LogP contribution in [-0.4, -0.2) is 24.1 Å². The molecule has 0 aliphatic heterocycles. The molecule has 0 rings (SSSR count). The first-order chi connectivity index (χ1) is 6.26. The molecule has 0 spiro atoms. The van der Waals surface area contributed by atoms with Crippen molar-refractivity contribution in [3.05, 3.63) is 0 Å². The Kier molecular flexibility index (Phi) is 7.79. The molecule has 3 nitrogen and oxygen atoms in total. The Morgan fingerprint density at radius 3 is 2.85 bits per heavy atom. The van der Waals surface area contributed by atoms with E-state index in [0.29, 0.717) is 6.54 Å². The van der Waals surface area contributed by atoms with Gasteiger partial charge in [-0.25, -0.2) is 9.74 Å². The molecule has 0 aromatic carbocycles. The normalized spacial score (nSPS) is 8.54. The average Bonchev–Trinajstić information content (AvgIpc) is 2.17. The number of nitrogens with zero attached hydrogens (tertiary/aromatic N) is 1. The van der Waals surface area contributed by atoms with E-state index >= 15 is 0 Å². The molecular formula is C8H11FINO2. The van der Waals surface area contributed by atoms with E-state index in [1.807, 2.05) is 29.5 Å². The Hall–Kier alpha value is -0.510. The number of carbonyl (C=O) groups is 1. The Morgan fingerprint density at radius 2 is 2.38 bits per heavy atom. The molecule has 0 unspecified atom stereocenters. The van der Waals surface area contributed by atoms with Gasteiger partial charge in [-0.15, -0.1) is 0 Å². The van der Waals surface area contributed by atoms with Crippen LogP contribution < -0.4 is 0 Å². The highest BCUT2D eigenvalue weighted by Crippen LogP contribution is 1.98. The van der Waals surface area contributed by atoms with Crippen molar-refractivity contribution < 1.29 is 14.3 Å². The molecule has 0 fully saturated rings. The first-order valence-corrected chi connectivity index (χ1v) is 5.00. The molecule has 5 heteroatoms. The molecule has 0 bridgehead atoms. The largest absolute Gasteiger partial charge is 0.448 e. The van der Waals surface area contributed by atoms with E-state index in [4.69, 9.17) is 0 Å². The lowest BCUT2D eigenvalue weighted by molar-refractivity contribution is -0.0784. The van der Waals surface area contributed by atoms with Crippen LogP contribution in [-0.2, 0) is 4.94 Å². The van der Waals surface area contributed by atoms with Crippen LogP contribution >= 0.6 is 22.6 Å². The molecule has 0 saturated carbocycles. The second kappa shape index (κ2) is 8.10. The van der Waals surface area contributed by atoms with E-state index < -0.39 is 6.09 Å². The molecule has 0 aromatic rings. The maximum atomic E-state index is 11.6. The van der Waals surface area contributed by atoms with E-state index in [9.17, 15) is 9.32 Å². The highest BCUT2D eigenvalue weighted by atomic mass is 127. The van der Waals surface area contributed by atoms with Crippen molar-refractivity contribution in [2.75, 3.05) is 13.1 Å². The predicted octanol–water partition coefficient (Wildman–Crippen LogP) is 2.51. The van der Waals surface area contributed by atoms with E-state index in [1.165, 1.54) is 4.90 Å². The Morgan fingerprint density at radius 1 is 1.69 bits per heavy atom. The summed E-state index contributed by atoms with van der Waals surface area (Å²) in [5, 5.41) is 0. The first kappa shape index (κ1) is 12.5. The van der Waals surface area contributed by atoms with Crippen molar-refractivity contribution in [1.82, 2.24) is 4.90 Å². The third-order valence-corrected chi connectivity index (χ3v) is 1.82. The minimum absolute atomic E-state index is 0.214. The van der Waals surface area contributed by atoms with E-state index in [2.05, 4.69) is 14.8 Å². The molecule has 0 aliphatic rings. The summed E-state index contributed by atoms with van der Waals surface area (Å²) in [5.41, 5.74) is 0. The maximum Gasteiger partial charge on any atom is 0.448 e. The maximum absolute atomic E-state index is 11.6. The summed E-state index contributed by atoms with van der Waals surface area (Å²) in [6, 6.07) is 0. The zero-order valence-electron chi connectivity index (χ0n) is 7.35. The molecule has 0 heterocycles. The highest BCUT2D eigenvalue weighted by molar-refractivity contribution is 14.1. The molecule has 0 atom stereocenters. The van der Waals surface area contributed by atoms with Crippen LogP contribution in [0.5, 0.6) is 0 Å². The summed E-state index contributed by atoms with van der Waals surface area (Å²) in [6.45, 7) is 2.68. The first-order valence-electron chi connectivity index (χ1n) is 3.92. The van der Waals surface area contributed by atoms with Crippen LogP contribution in [0.4, 0.5) is 9.32 Å². The van der Waals surface area contributed by atoms with E-state index in [1.54, 1.807) is 0 Å². The van der Waals surface area contributed by atoms with Gasteiger partial charge in [-0.2, -0.15) is 0 Å². The molecule has 0 aromatic heterocycles. The molecule has 0 saturated heterocycles. The lowest BCUT2D eigenvalue weighted by Crippen LogP contribution is -2.31. The van der Waals surface area contributed by atoms with Crippen molar-refractivity contribution in [2.45, 2.75) is 19.8 Å². The fourth-order valence-corrected chi connectivity index (χ4v) is 0.929. The van der Waals surface area contributed by atoms with Crippen LogP contribution in [0.2, 0.25) is 0 Å². The number of hydrogen-bond acceptors (Lipinski definition) is 2. The van der Waals surface area contributed by atoms with Gasteiger partial charge in [0.1, 0.15) is 0 Å². The van der Waals surface area contributed by atoms with Crippen LogP contribution in [0.25, 0.3) is 0 Å². The van der Waals surface area contributed by atoms with Crippen LogP contribution in [0.15, 0.2) is 0 Å². The average molecular weight is 299 g/mol. The minimum atomic E-state index is -0.965. The summed E-state index contributed by atoms with van der Waals surface area (Å²) in [6.07, 6.45) is 0.791. The van der Waals surface area contributed by atoms with E-state index in [-0.39, 0.29) is 6.54 Å². The lowest BCUT2D eigenvalue weighted by atomic mass is 10.3. The predicted molar refractivity (Wildman–Crippen MR) is 55.9 cm³/mol. The second-order valence-electron chi connectivity index (χ2n) is 2.39. The Balaban J connectivity index is 3.99. The van der Waals surface area contributed by atoms with Gasteiger partial charge >= 0.3 is 6.09 Å². The number of unbranched alkanes of at least 4 members (excludes halogenated alkanes) is 1. The molecular weight excluding hydrogens is 288 g/mol. The van der Waals surface area contributed by atoms with Gasteiger partial charge in [0.15, 0.2) is 0 Å². The van der Waals surface area contributed by atoms with Gasteiger partial charge in [0, 0.05) is 33.7 Å². The zero-order valence-corrected chi connectivity index (χ0v) is 9.51. The molecule has 0 aliphatic carbocycles. The van der Waals surface area contributed by atoms with Gasteiger partial charge in [-0.3, -0.25) is 4.90 Å². The second-order valence-corrected chi connectivity index (χ2v) is 2.93. The fraction of sp³-hybridized carbons (Fsp3) is 0.625. The van der Waals surface area contributed by atoms with Gasteiger partial charge in [0.2, 0.25) is 0 Å². The Bertz CT molecular complexity index is 212. The summed E-state index contributed by atoms with van der Waals surface area (Å²) < 4.78 is 14.2. The third kappa shape index (κ3) is 5.69. The molecule has 0 N–H and O–H groups in total. The van der Waals surface area contributed by atoms with Crippen molar-refractivity contribution in [2.24, 2.45) is 0 Å². The number of hydrogen-bond donors (Lipinski definition) is 0. The topological polar surface area (TPSA) is 29.5 Å². The molecule has 0 radical (unpaired) electrons. The van der Waals surface area contributed by atoms with Gasteiger partial charge in [0.25, 0.3) is 0 Å². The monoisotopic (exact) mass is 299 g/mol. The summed E-state index contributed by atoms with van der Waals surface area (Å²) >= 11 is 1.86. The van der Waals surface area contributed by atoms with E-state index in [0.717, 1.165) is 12.8 Å². The highest BCUT2D eigenvalue weighted by Gasteiger charge is 2.13. The van der Waals surface area contributed by atoms with Crippen LogP contribution in [0, 0.1) is 9.85 Å². The van der Waals surface area contributed by atoms with Crippen molar-refractivity contribution in [3.8, 4) is 9.85 Å².